The number of hydrogen-bond acceptors (Lipinski definition) is 6. The molecule has 0 unspecified atom stereocenters. The van der Waals surface area contributed by atoms with Crippen molar-refractivity contribution in [3.63, 3.8) is 0 Å². The van der Waals surface area contributed by atoms with E-state index in [9.17, 15) is 9.59 Å². The van der Waals surface area contributed by atoms with E-state index in [1.165, 1.54) is 11.3 Å². The summed E-state index contributed by atoms with van der Waals surface area (Å²) in [5, 5.41) is 5.77. The summed E-state index contributed by atoms with van der Waals surface area (Å²) in [7, 11) is 0. The highest BCUT2D eigenvalue weighted by Gasteiger charge is 2.13. The Balaban J connectivity index is 1.55. The predicted octanol–water partition coefficient (Wildman–Crippen LogP) is 5.28. The number of anilines is 1. The number of hydrogen-bond donors (Lipinski definition) is 1. The van der Waals surface area contributed by atoms with Crippen LogP contribution in [0.1, 0.15) is 17.3 Å². The molecular weight excluding hydrogens is 392 g/mol. The van der Waals surface area contributed by atoms with Gasteiger partial charge in [0.1, 0.15) is 5.58 Å². The Morgan fingerprint density at radius 3 is 2.75 bits per heavy atom. The van der Waals surface area contributed by atoms with E-state index >= 15 is 0 Å². The molecule has 28 heavy (non-hydrogen) atoms. The van der Waals surface area contributed by atoms with Gasteiger partial charge in [0.15, 0.2) is 5.13 Å². The van der Waals surface area contributed by atoms with Crippen LogP contribution in [0.5, 0.6) is 0 Å². The molecule has 7 heteroatoms. The van der Waals surface area contributed by atoms with Gasteiger partial charge in [0.2, 0.25) is 0 Å². The summed E-state index contributed by atoms with van der Waals surface area (Å²) in [6.07, 6.45) is 0. The van der Waals surface area contributed by atoms with Crippen LogP contribution >= 0.6 is 23.1 Å². The highest BCUT2D eigenvalue weighted by molar-refractivity contribution is 7.99. The number of carbonyl (C=O) groups is 1. The molecule has 4 aromatic rings. The third-order valence-corrected chi connectivity index (χ3v) is 5.72. The van der Waals surface area contributed by atoms with Crippen molar-refractivity contribution in [1.29, 1.82) is 0 Å². The van der Waals surface area contributed by atoms with Crippen LogP contribution in [0.3, 0.4) is 0 Å². The summed E-state index contributed by atoms with van der Waals surface area (Å²) in [6.45, 7) is 2.08. The molecule has 2 aromatic carbocycles. The molecule has 1 N–H and O–H groups in total. The van der Waals surface area contributed by atoms with Gasteiger partial charge in [-0.3, -0.25) is 10.1 Å². The number of thiazole rings is 1. The van der Waals surface area contributed by atoms with E-state index in [4.69, 9.17) is 4.42 Å². The van der Waals surface area contributed by atoms with E-state index in [1.807, 2.05) is 30.3 Å². The van der Waals surface area contributed by atoms with Gasteiger partial charge in [-0.1, -0.05) is 25.1 Å². The third-order valence-electron chi connectivity index (χ3n) is 4.07. The van der Waals surface area contributed by atoms with Crippen molar-refractivity contribution in [1.82, 2.24) is 4.98 Å². The van der Waals surface area contributed by atoms with Gasteiger partial charge in [-0.25, -0.2) is 9.78 Å². The number of para-hydroxylation sites is 1. The molecule has 0 bridgehead atoms. The summed E-state index contributed by atoms with van der Waals surface area (Å²) >= 11 is 2.99. The van der Waals surface area contributed by atoms with Crippen LogP contribution in [-0.2, 0) is 0 Å². The van der Waals surface area contributed by atoms with Gasteiger partial charge < -0.3 is 4.42 Å². The van der Waals surface area contributed by atoms with E-state index in [0.717, 1.165) is 16.0 Å². The highest BCUT2D eigenvalue weighted by atomic mass is 32.2. The molecule has 0 saturated heterocycles. The molecule has 2 aromatic heterocycles. The second-order valence-electron chi connectivity index (χ2n) is 5.93. The van der Waals surface area contributed by atoms with Gasteiger partial charge in [0.05, 0.1) is 11.3 Å². The maximum atomic E-state index is 12.4. The van der Waals surface area contributed by atoms with Gasteiger partial charge in [-0.2, -0.15) is 0 Å². The first-order chi connectivity index (χ1) is 13.6. The van der Waals surface area contributed by atoms with Crippen molar-refractivity contribution < 1.29 is 9.21 Å². The Bertz CT molecular complexity index is 1200. The quantitative estimate of drug-likeness (QED) is 0.359. The molecular formula is C21H16N2O3S2. The zero-order valence-electron chi connectivity index (χ0n) is 15.0. The van der Waals surface area contributed by atoms with Crippen LogP contribution < -0.4 is 10.9 Å². The maximum absolute atomic E-state index is 12.4. The smallest absolute Gasteiger partial charge is 0.345 e. The van der Waals surface area contributed by atoms with E-state index in [2.05, 4.69) is 17.2 Å². The Labute approximate surface area is 169 Å². The molecule has 140 valence electrons. The second kappa shape index (κ2) is 8.00. The Hall–Kier alpha value is -2.90. The average molecular weight is 409 g/mol. The van der Waals surface area contributed by atoms with E-state index in [1.54, 1.807) is 41.4 Å². The number of nitrogens with zero attached hydrogens (tertiary/aromatic N) is 1. The van der Waals surface area contributed by atoms with Crippen LogP contribution in [-0.4, -0.2) is 16.6 Å². The van der Waals surface area contributed by atoms with Crippen LogP contribution in [0.4, 0.5) is 5.13 Å². The first-order valence-electron chi connectivity index (χ1n) is 8.67. The number of amides is 1. The minimum absolute atomic E-state index is 0.237. The van der Waals surface area contributed by atoms with Gasteiger partial charge in [-0.15, -0.1) is 23.1 Å². The predicted molar refractivity (Wildman–Crippen MR) is 114 cm³/mol. The lowest BCUT2D eigenvalue weighted by atomic mass is 10.1. The van der Waals surface area contributed by atoms with Crippen molar-refractivity contribution in [3.8, 4) is 11.3 Å². The lowest BCUT2D eigenvalue weighted by Crippen LogP contribution is -2.11. The molecule has 0 aliphatic heterocycles. The second-order valence-corrected chi connectivity index (χ2v) is 8.13. The molecule has 0 aliphatic carbocycles. The van der Waals surface area contributed by atoms with Gasteiger partial charge in [0.25, 0.3) is 5.91 Å². The zero-order valence-corrected chi connectivity index (χ0v) is 16.6. The fourth-order valence-electron chi connectivity index (χ4n) is 2.73. The lowest BCUT2D eigenvalue weighted by Gasteiger charge is -2.03. The van der Waals surface area contributed by atoms with Gasteiger partial charge in [0, 0.05) is 21.2 Å². The number of thioether (sulfide) groups is 1. The molecule has 4 rings (SSSR count). The topological polar surface area (TPSA) is 72.2 Å². The average Bonchev–Trinajstić information content (AvgIpc) is 3.16. The molecule has 2 heterocycles. The SMILES string of the molecule is CCSc1ccc(C(=O)Nc2nc(-c3cc4ccccc4oc3=O)cs2)cc1. The minimum atomic E-state index is -0.453. The summed E-state index contributed by atoms with van der Waals surface area (Å²) in [6, 6.07) is 16.5. The van der Waals surface area contributed by atoms with Crippen molar-refractivity contribution in [2.24, 2.45) is 0 Å². The normalized spacial score (nSPS) is 10.9. The van der Waals surface area contributed by atoms with Crippen LogP contribution in [0.2, 0.25) is 0 Å². The molecule has 5 nitrogen and oxygen atoms in total. The van der Waals surface area contributed by atoms with Crippen molar-refractivity contribution in [3.05, 3.63) is 76.0 Å². The van der Waals surface area contributed by atoms with Gasteiger partial charge in [-0.05, 0) is 42.2 Å². The Morgan fingerprint density at radius 2 is 1.96 bits per heavy atom. The fourth-order valence-corrected chi connectivity index (χ4v) is 4.10. The number of nitrogens with one attached hydrogen (secondary N) is 1. The highest BCUT2D eigenvalue weighted by Crippen LogP contribution is 2.26. The van der Waals surface area contributed by atoms with Crippen molar-refractivity contribution in [2.45, 2.75) is 11.8 Å². The number of carbonyl (C=O) groups excluding carboxylic acids is 1. The van der Waals surface area contributed by atoms with Gasteiger partial charge >= 0.3 is 5.63 Å². The van der Waals surface area contributed by atoms with E-state index in [0.29, 0.717) is 27.5 Å². The molecule has 0 spiro atoms. The monoisotopic (exact) mass is 408 g/mol. The molecule has 0 radical (unpaired) electrons. The van der Waals surface area contributed by atoms with E-state index in [-0.39, 0.29) is 5.91 Å². The van der Waals surface area contributed by atoms with Crippen molar-refractivity contribution >= 4 is 45.1 Å². The first-order valence-corrected chi connectivity index (χ1v) is 10.5. The van der Waals surface area contributed by atoms with E-state index < -0.39 is 5.63 Å². The maximum Gasteiger partial charge on any atom is 0.345 e. The molecule has 0 atom stereocenters. The third kappa shape index (κ3) is 3.85. The lowest BCUT2D eigenvalue weighted by molar-refractivity contribution is 0.102. The summed E-state index contributed by atoms with van der Waals surface area (Å²) in [4.78, 5) is 30.2. The molecule has 0 fully saturated rings. The fraction of sp³-hybridized carbons (Fsp3) is 0.0952. The standard InChI is InChI=1S/C21H16N2O3S2/c1-2-27-15-9-7-13(8-10-15)19(24)23-21-22-17(12-28-21)16-11-14-5-3-4-6-18(14)26-20(16)25/h3-12H,2H2,1H3,(H,22,23,24). The summed E-state index contributed by atoms with van der Waals surface area (Å²) < 4.78 is 5.36. The number of fused-ring (bicyclic) bond motifs is 1. The summed E-state index contributed by atoms with van der Waals surface area (Å²) in [5.74, 6) is 0.746. The minimum Gasteiger partial charge on any atom is -0.422 e. The number of aromatic nitrogens is 1. The van der Waals surface area contributed by atoms with Crippen LogP contribution in [0, 0.1) is 0 Å². The first kappa shape index (κ1) is 18.5. The largest absolute Gasteiger partial charge is 0.422 e. The van der Waals surface area contributed by atoms with Crippen LogP contribution in [0.15, 0.2) is 74.1 Å². The van der Waals surface area contributed by atoms with Crippen LogP contribution in [0.25, 0.3) is 22.2 Å². The number of rotatable bonds is 5. The number of benzene rings is 2. The summed E-state index contributed by atoms with van der Waals surface area (Å²) in [5.41, 5.74) is 1.49. The Kier molecular flexibility index (Phi) is 5.27. The molecule has 1 amide bonds. The Morgan fingerprint density at radius 1 is 1.18 bits per heavy atom. The zero-order chi connectivity index (χ0) is 19.5. The molecule has 0 saturated carbocycles. The molecule has 0 aliphatic rings. The van der Waals surface area contributed by atoms with Crippen molar-refractivity contribution in [2.75, 3.05) is 11.1 Å².